The summed E-state index contributed by atoms with van der Waals surface area (Å²) < 4.78 is 5.63. The van der Waals surface area contributed by atoms with Crippen LogP contribution in [0.2, 0.25) is 5.02 Å². The van der Waals surface area contributed by atoms with E-state index in [2.05, 4.69) is 10.5 Å². The number of carbonyl (C=O) groups excluding carboxylic acids is 1. The standard InChI is InChI=1S/C16H23ClN2O2/c1-11(2)13(4)18-19-16(20)6-5-9-21-15-8-7-14(17)10-12(15)3/h7-8,10-11H,5-6,9H2,1-4H3,(H,19,20). The second-order valence-electron chi connectivity index (χ2n) is 5.30. The van der Waals surface area contributed by atoms with E-state index in [4.69, 9.17) is 16.3 Å². The third kappa shape index (κ3) is 6.63. The van der Waals surface area contributed by atoms with Crippen molar-refractivity contribution in [1.29, 1.82) is 0 Å². The van der Waals surface area contributed by atoms with Gasteiger partial charge < -0.3 is 4.74 Å². The van der Waals surface area contributed by atoms with Gasteiger partial charge in [-0.2, -0.15) is 5.10 Å². The zero-order valence-electron chi connectivity index (χ0n) is 13.1. The van der Waals surface area contributed by atoms with Crippen molar-refractivity contribution in [2.75, 3.05) is 6.61 Å². The number of hydrogen-bond donors (Lipinski definition) is 1. The Kier molecular flexibility index (Phi) is 7.23. The topological polar surface area (TPSA) is 50.7 Å². The molecule has 116 valence electrons. The van der Waals surface area contributed by atoms with Crippen molar-refractivity contribution in [2.45, 2.75) is 40.5 Å². The number of rotatable bonds is 7. The summed E-state index contributed by atoms with van der Waals surface area (Å²) in [5.41, 5.74) is 4.46. The number of ether oxygens (including phenoxy) is 1. The molecule has 0 bridgehead atoms. The average Bonchev–Trinajstić information content (AvgIpc) is 2.42. The average molecular weight is 311 g/mol. The number of hydrazone groups is 1. The molecule has 1 amide bonds. The van der Waals surface area contributed by atoms with Gasteiger partial charge in [-0.25, -0.2) is 5.43 Å². The molecule has 0 fully saturated rings. The summed E-state index contributed by atoms with van der Waals surface area (Å²) in [4.78, 5) is 11.6. The largest absolute Gasteiger partial charge is 0.493 e. The Labute approximate surface area is 131 Å². The third-order valence-corrected chi connectivity index (χ3v) is 3.37. The van der Waals surface area contributed by atoms with Crippen molar-refractivity contribution < 1.29 is 9.53 Å². The summed E-state index contributed by atoms with van der Waals surface area (Å²) in [7, 11) is 0. The lowest BCUT2D eigenvalue weighted by Crippen LogP contribution is -2.20. The lowest BCUT2D eigenvalue weighted by atomic mass is 10.1. The van der Waals surface area contributed by atoms with E-state index in [0.29, 0.717) is 30.4 Å². The zero-order chi connectivity index (χ0) is 15.8. The minimum Gasteiger partial charge on any atom is -0.493 e. The van der Waals surface area contributed by atoms with Crippen molar-refractivity contribution in [3.8, 4) is 5.75 Å². The van der Waals surface area contributed by atoms with Crippen molar-refractivity contribution in [1.82, 2.24) is 5.43 Å². The molecule has 0 saturated carbocycles. The van der Waals surface area contributed by atoms with E-state index in [0.717, 1.165) is 17.0 Å². The molecule has 0 heterocycles. The van der Waals surface area contributed by atoms with Crippen molar-refractivity contribution >= 4 is 23.2 Å². The molecule has 0 atom stereocenters. The highest BCUT2D eigenvalue weighted by atomic mass is 35.5. The van der Waals surface area contributed by atoms with Crippen LogP contribution in [0, 0.1) is 12.8 Å². The van der Waals surface area contributed by atoms with Crippen LogP contribution in [0.15, 0.2) is 23.3 Å². The fourth-order valence-electron chi connectivity index (χ4n) is 1.53. The number of amides is 1. The van der Waals surface area contributed by atoms with E-state index in [9.17, 15) is 4.79 Å². The van der Waals surface area contributed by atoms with Crippen LogP contribution in [-0.2, 0) is 4.79 Å². The minimum absolute atomic E-state index is 0.0913. The highest BCUT2D eigenvalue weighted by Crippen LogP contribution is 2.21. The van der Waals surface area contributed by atoms with Gasteiger partial charge in [-0.15, -0.1) is 0 Å². The molecule has 1 N–H and O–H groups in total. The second kappa shape index (κ2) is 8.67. The molecule has 0 aliphatic heterocycles. The van der Waals surface area contributed by atoms with Gasteiger partial charge in [0.05, 0.1) is 6.61 Å². The molecule has 0 aliphatic carbocycles. The van der Waals surface area contributed by atoms with Crippen LogP contribution < -0.4 is 10.2 Å². The van der Waals surface area contributed by atoms with Crippen LogP contribution >= 0.6 is 11.6 Å². The van der Waals surface area contributed by atoms with Crippen molar-refractivity contribution in [2.24, 2.45) is 11.0 Å². The smallest absolute Gasteiger partial charge is 0.240 e. The number of benzene rings is 1. The Morgan fingerprint density at radius 3 is 2.76 bits per heavy atom. The van der Waals surface area contributed by atoms with E-state index in [-0.39, 0.29) is 5.91 Å². The van der Waals surface area contributed by atoms with Gasteiger partial charge in [0.1, 0.15) is 5.75 Å². The maximum absolute atomic E-state index is 11.6. The van der Waals surface area contributed by atoms with Crippen molar-refractivity contribution in [3.63, 3.8) is 0 Å². The molecule has 21 heavy (non-hydrogen) atoms. The number of nitrogens with zero attached hydrogens (tertiary/aromatic N) is 1. The van der Waals surface area contributed by atoms with Crippen LogP contribution in [0.3, 0.4) is 0 Å². The summed E-state index contributed by atoms with van der Waals surface area (Å²) in [5.74, 6) is 1.04. The minimum atomic E-state index is -0.0913. The van der Waals surface area contributed by atoms with Gasteiger partial charge in [0, 0.05) is 17.2 Å². The Morgan fingerprint density at radius 2 is 2.14 bits per heavy atom. The molecule has 1 rings (SSSR count). The van der Waals surface area contributed by atoms with Gasteiger partial charge in [-0.3, -0.25) is 4.79 Å². The Balaban J connectivity index is 2.28. The molecule has 5 heteroatoms. The van der Waals surface area contributed by atoms with E-state index >= 15 is 0 Å². The van der Waals surface area contributed by atoms with Gasteiger partial charge in [0.2, 0.25) is 5.91 Å². The first-order chi connectivity index (χ1) is 9.90. The lowest BCUT2D eigenvalue weighted by molar-refractivity contribution is -0.121. The lowest BCUT2D eigenvalue weighted by Gasteiger charge is -2.09. The second-order valence-corrected chi connectivity index (χ2v) is 5.74. The molecule has 1 aromatic rings. The first-order valence-corrected chi connectivity index (χ1v) is 7.50. The summed E-state index contributed by atoms with van der Waals surface area (Å²) in [6.45, 7) is 8.40. The van der Waals surface area contributed by atoms with Gasteiger partial charge in [-0.05, 0) is 49.9 Å². The van der Waals surface area contributed by atoms with Crippen LogP contribution in [-0.4, -0.2) is 18.2 Å². The Bertz CT molecular complexity index is 513. The first-order valence-electron chi connectivity index (χ1n) is 7.12. The fourth-order valence-corrected chi connectivity index (χ4v) is 1.75. The Morgan fingerprint density at radius 1 is 1.43 bits per heavy atom. The Hall–Kier alpha value is -1.55. The third-order valence-electron chi connectivity index (χ3n) is 3.14. The van der Waals surface area contributed by atoms with Crippen molar-refractivity contribution in [3.05, 3.63) is 28.8 Å². The number of nitrogens with one attached hydrogen (secondary N) is 1. The van der Waals surface area contributed by atoms with E-state index in [1.54, 1.807) is 6.07 Å². The molecule has 0 aromatic heterocycles. The van der Waals surface area contributed by atoms with Gasteiger partial charge in [-0.1, -0.05) is 25.4 Å². The predicted octanol–water partition coefficient (Wildman–Crippen LogP) is 3.96. The summed E-state index contributed by atoms with van der Waals surface area (Å²) >= 11 is 5.88. The maximum atomic E-state index is 11.6. The number of aryl methyl sites for hydroxylation is 1. The molecule has 0 radical (unpaired) electrons. The summed E-state index contributed by atoms with van der Waals surface area (Å²) in [6.07, 6.45) is 1.03. The molecule has 0 spiro atoms. The molecular formula is C16H23ClN2O2. The highest BCUT2D eigenvalue weighted by Gasteiger charge is 2.04. The molecule has 0 saturated heterocycles. The molecular weight excluding hydrogens is 288 g/mol. The van der Waals surface area contributed by atoms with E-state index in [1.165, 1.54) is 0 Å². The van der Waals surface area contributed by atoms with E-state index in [1.807, 2.05) is 39.8 Å². The monoisotopic (exact) mass is 310 g/mol. The normalized spacial score (nSPS) is 11.6. The SMILES string of the molecule is CC(=NNC(=O)CCCOc1ccc(Cl)cc1C)C(C)C. The van der Waals surface area contributed by atoms with Crippen LogP contribution in [0.4, 0.5) is 0 Å². The maximum Gasteiger partial charge on any atom is 0.240 e. The molecule has 0 aliphatic rings. The zero-order valence-corrected chi connectivity index (χ0v) is 13.8. The van der Waals surface area contributed by atoms with Gasteiger partial charge in [0.25, 0.3) is 0 Å². The van der Waals surface area contributed by atoms with Gasteiger partial charge in [0.15, 0.2) is 0 Å². The summed E-state index contributed by atoms with van der Waals surface area (Å²) in [5, 5.41) is 4.74. The quantitative estimate of drug-likeness (QED) is 0.471. The number of halogens is 1. The van der Waals surface area contributed by atoms with E-state index < -0.39 is 0 Å². The highest BCUT2D eigenvalue weighted by molar-refractivity contribution is 6.30. The molecule has 4 nitrogen and oxygen atoms in total. The molecule has 0 unspecified atom stereocenters. The van der Waals surface area contributed by atoms with Gasteiger partial charge >= 0.3 is 0 Å². The van der Waals surface area contributed by atoms with Crippen LogP contribution in [0.25, 0.3) is 0 Å². The fraction of sp³-hybridized carbons (Fsp3) is 0.500. The first kappa shape index (κ1) is 17.5. The number of carbonyl (C=O) groups is 1. The van der Waals surface area contributed by atoms with Crippen LogP contribution in [0.1, 0.15) is 39.2 Å². The summed E-state index contributed by atoms with van der Waals surface area (Å²) in [6, 6.07) is 5.49. The van der Waals surface area contributed by atoms with Crippen LogP contribution in [0.5, 0.6) is 5.75 Å². The predicted molar refractivity (Wildman–Crippen MR) is 87.0 cm³/mol. The molecule has 1 aromatic carbocycles. The number of hydrogen-bond acceptors (Lipinski definition) is 3.